The van der Waals surface area contributed by atoms with Gasteiger partial charge < -0.3 is 14.5 Å². The van der Waals surface area contributed by atoms with Crippen molar-refractivity contribution < 1.29 is 13.2 Å². The maximum Gasteiger partial charge on any atom is 0.159 e. The number of aryl methyl sites for hydroxylation is 2. The Balaban J connectivity index is 1.40. The maximum atomic E-state index is 11.6. The highest BCUT2D eigenvalue weighted by molar-refractivity contribution is 7.90. The van der Waals surface area contributed by atoms with Crippen LogP contribution in [0.25, 0.3) is 16.7 Å². The molecule has 0 saturated carbocycles. The Hall–Kier alpha value is -2.56. The molecule has 2 fully saturated rings. The zero-order chi connectivity index (χ0) is 26.2. The normalized spacial score (nSPS) is 20.1. The first-order valence-electron chi connectivity index (χ1n) is 13.3. The molecule has 9 nitrogen and oxygen atoms in total. The smallest absolute Gasteiger partial charge is 0.159 e. The largest absolute Gasteiger partial charge is 0.375 e. The fourth-order valence-corrected chi connectivity index (χ4v) is 6.16. The van der Waals surface area contributed by atoms with Gasteiger partial charge in [-0.25, -0.2) is 23.1 Å². The second-order valence-electron chi connectivity index (χ2n) is 10.5. The lowest BCUT2D eigenvalue weighted by molar-refractivity contribution is 0.0381. The van der Waals surface area contributed by atoms with Crippen LogP contribution < -0.4 is 4.90 Å². The molecule has 4 heterocycles. The molecule has 0 bridgehead atoms. The number of hydrogen-bond acceptors (Lipinski definition) is 8. The average Bonchev–Trinajstić information content (AvgIpc) is 3.29. The van der Waals surface area contributed by atoms with Gasteiger partial charge in [-0.1, -0.05) is 6.92 Å². The van der Waals surface area contributed by atoms with E-state index in [-0.39, 0.29) is 11.9 Å². The number of piperidine rings is 1. The van der Waals surface area contributed by atoms with Crippen molar-refractivity contribution in [3.8, 4) is 5.82 Å². The molecular weight excluding hydrogens is 488 g/mol. The van der Waals surface area contributed by atoms with Gasteiger partial charge in [0.25, 0.3) is 0 Å². The summed E-state index contributed by atoms with van der Waals surface area (Å²) in [6.07, 6.45) is 6.48. The van der Waals surface area contributed by atoms with Crippen LogP contribution in [0.1, 0.15) is 49.1 Å². The highest BCUT2D eigenvalue weighted by Crippen LogP contribution is 2.33. The maximum absolute atomic E-state index is 11.6. The summed E-state index contributed by atoms with van der Waals surface area (Å²) < 4.78 is 30.9. The monoisotopic (exact) mass is 526 g/mol. The minimum absolute atomic E-state index is 0.223. The third kappa shape index (κ3) is 5.97. The van der Waals surface area contributed by atoms with Crippen LogP contribution in [0.4, 0.5) is 5.82 Å². The third-order valence-corrected chi connectivity index (χ3v) is 8.63. The second kappa shape index (κ2) is 10.7. The summed E-state index contributed by atoms with van der Waals surface area (Å²) in [5.41, 5.74) is 3.68. The molecule has 200 valence electrons. The molecule has 2 aliphatic rings. The number of morpholine rings is 1. The first kappa shape index (κ1) is 26.1. The van der Waals surface area contributed by atoms with Crippen molar-refractivity contribution in [1.29, 1.82) is 0 Å². The predicted octanol–water partition coefficient (Wildman–Crippen LogP) is 3.27. The average molecular weight is 527 g/mol. The summed E-state index contributed by atoms with van der Waals surface area (Å²) >= 11 is 0. The Labute approximate surface area is 219 Å². The molecule has 37 heavy (non-hydrogen) atoms. The van der Waals surface area contributed by atoms with E-state index in [1.807, 2.05) is 23.9 Å². The van der Waals surface area contributed by atoms with E-state index in [2.05, 4.69) is 35.8 Å². The number of rotatable bonds is 7. The van der Waals surface area contributed by atoms with Gasteiger partial charge in [0.2, 0.25) is 0 Å². The third-order valence-electron chi connectivity index (χ3n) is 7.71. The Morgan fingerprint density at radius 1 is 1.05 bits per heavy atom. The van der Waals surface area contributed by atoms with Crippen LogP contribution in [0.2, 0.25) is 0 Å². The number of benzene rings is 1. The Morgan fingerprint density at radius 3 is 2.54 bits per heavy atom. The highest BCUT2D eigenvalue weighted by Gasteiger charge is 2.24. The van der Waals surface area contributed by atoms with Crippen LogP contribution in [0.3, 0.4) is 0 Å². The molecule has 2 aliphatic heterocycles. The van der Waals surface area contributed by atoms with E-state index in [0.717, 1.165) is 73.8 Å². The van der Waals surface area contributed by atoms with Crippen molar-refractivity contribution in [2.24, 2.45) is 0 Å². The second-order valence-corrected chi connectivity index (χ2v) is 12.8. The van der Waals surface area contributed by atoms with Gasteiger partial charge in [-0.05, 0) is 75.4 Å². The van der Waals surface area contributed by atoms with Crippen molar-refractivity contribution in [3.63, 3.8) is 0 Å². The molecule has 0 radical (unpaired) electrons. The van der Waals surface area contributed by atoms with Crippen molar-refractivity contribution >= 4 is 26.6 Å². The highest BCUT2D eigenvalue weighted by atomic mass is 32.2. The lowest BCUT2D eigenvalue weighted by Gasteiger charge is -2.33. The molecule has 3 aromatic rings. The first-order chi connectivity index (χ1) is 17.7. The van der Waals surface area contributed by atoms with Crippen LogP contribution in [0.5, 0.6) is 0 Å². The summed E-state index contributed by atoms with van der Waals surface area (Å²) in [6.45, 7) is 11.1. The molecule has 0 amide bonds. The van der Waals surface area contributed by atoms with Gasteiger partial charge in [0, 0.05) is 37.3 Å². The summed E-state index contributed by atoms with van der Waals surface area (Å²) in [4.78, 5) is 14.0. The quantitative estimate of drug-likeness (QED) is 0.463. The molecule has 2 aromatic heterocycles. The van der Waals surface area contributed by atoms with Gasteiger partial charge in [0.05, 0.1) is 30.2 Å². The number of sulfone groups is 1. The Morgan fingerprint density at radius 2 is 1.81 bits per heavy atom. The van der Waals surface area contributed by atoms with Gasteiger partial charge >= 0.3 is 0 Å². The van der Waals surface area contributed by atoms with Gasteiger partial charge in [0.15, 0.2) is 5.82 Å². The van der Waals surface area contributed by atoms with Crippen LogP contribution in [0.15, 0.2) is 24.4 Å². The molecule has 0 spiro atoms. The van der Waals surface area contributed by atoms with E-state index in [1.54, 1.807) is 0 Å². The van der Waals surface area contributed by atoms with Gasteiger partial charge in [-0.3, -0.25) is 0 Å². The molecule has 0 aliphatic carbocycles. The van der Waals surface area contributed by atoms with E-state index in [9.17, 15) is 8.42 Å². The van der Waals surface area contributed by atoms with Gasteiger partial charge in [0.1, 0.15) is 21.5 Å². The van der Waals surface area contributed by atoms with Crippen molar-refractivity contribution in [2.45, 2.75) is 52.1 Å². The van der Waals surface area contributed by atoms with E-state index >= 15 is 0 Å². The summed E-state index contributed by atoms with van der Waals surface area (Å²) in [7, 11) is -2.93. The number of ether oxygens (including phenoxy) is 1. The fourth-order valence-electron chi connectivity index (χ4n) is 5.57. The van der Waals surface area contributed by atoms with Crippen molar-refractivity contribution in [2.75, 3.05) is 56.2 Å². The Kier molecular flexibility index (Phi) is 7.51. The number of nitrogens with zero attached hydrogens (tertiary/aromatic N) is 6. The van der Waals surface area contributed by atoms with E-state index in [4.69, 9.17) is 19.8 Å². The zero-order valence-corrected chi connectivity index (χ0v) is 23.2. The first-order valence-corrected chi connectivity index (χ1v) is 15.4. The lowest BCUT2D eigenvalue weighted by Crippen LogP contribution is -2.42. The van der Waals surface area contributed by atoms with E-state index < -0.39 is 9.84 Å². The molecule has 1 aromatic carbocycles. The fraction of sp³-hybridized carbons (Fsp3) is 0.593. The number of fused-ring (bicyclic) bond motifs is 1. The van der Waals surface area contributed by atoms with Crippen LogP contribution in [-0.4, -0.2) is 90.5 Å². The molecule has 0 N–H and O–H groups in total. The minimum Gasteiger partial charge on any atom is -0.375 e. The van der Waals surface area contributed by atoms with E-state index in [1.165, 1.54) is 17.4 Å². The zero-order valence-electron chi connectivity index (χ0n) is 22.4. The molecule has 10 heteroatoms. The molecule has 2 saturated heterocycles. The topological polar surface area (TPSA) is 93.5 Å². The molecule has 5 rings (SSSR count). The standard InChI is InChI=1S/C27H38N6O3S/c1-5-23-18-32(10-12-36-23)26-16-27(30-20(3)29-26)33-25-15-24(19(2)14-22(25)17-28-33)21-6-8-31(9-7-21)11-13-37(4,34)35/h14-17,21,23H,5-13,18H2,1-4H3. The van der Waals surface area contributed by atoms with Crippen LogP contribution in [0, 0.1) is 13.8 Å². The molecule has 1 atom stereocenters. The summed E-state index contributed by atoms with van der Waals surface area (Å²) in [5, 5.41) is 5.83. The number of hydrogen-bond donors (Lipinski definition) is 0. The number of anilines is 1. The van der Waals surface area contributed by atoms with Gasteiger partial charge in [-0.15, -0.1) is 0 Å². The van der Waals surface area contributed by atoms with Crippen LogP contribution >= 0.6 is 0 Å². The van der Waals surface area contributed by atoms with Gasteiger partial charge in [-0.2, -0.15) is 5.10 Å². The SMILES string of the molecule is CCC1CN(c2cc(-n3ncc4cc(C)c(C5CCN(CCS(C)(=O)=O)CC5)cc43)nc(C)n2)CCO1. The molecule has 1 unspecified atom stereocenters. The van der Waals surface area contributed by atoms with Crippen molar-refractivity contribution in [1.82, 2.24) is 24.6 Å². The number of aromatic nitrogens is 4. The summed E-state index contributed by atoms with van der Waals surface area (Å²) in [6, 6.07) is 6.55. The van der Waals surface area contributed by atoms with E-state index in [0.29, 0.717) is 19.1 Å². The summed E-state index contributed by atoms with van der Waals surface area (Å²) in [5.74, 6) is 3.10. The lowest BCUT2D eigenvalue weighted by atomic mass is 9.86. The molecular formula is C27H38N6O3S. The van der Waals surface area contributed by atoms with Crippen LogP contribution in [-0.2, 0) is 14.6 Å². The Bertz CT molecular complexity index is 1360. The number of likely N-dealkylation sites (tertiary alicyclic amines) is 1. The minimum atomic E-state index is -2.93. The predicted molar refractivity (Wildman–Crippen MR) is 147 cm³/mol. The van der Waals surface area contributed by atoms with Crippen molar-refractivity contribution in [3.05, 3.63) is 41.3 Å².